The number of carbonyl (C=O) groups is 1. The molecular weight excluding hydrogens is 416 g/mol. The summed E-state index contributed by atoms with van der Waals surface area (Å²) in [5, 5.41) is 16.6. The third-order valence-electron chi connectivity index (χ3n) is 7.39. The minimum absolute atomic E-state index is 0.125. The fourth-order valence-electron chi connectivity index (χ4n) is 5.62. The van der Waals surface area contributed by atoms with Crippen LogP contribution in [0.15, 0.2) is 28.7 Å². The molecule has 2 aliphatic carbocycles. The van der Waals surface area contributed by atoms with E-state index in [0.29, 0.717) is 12.4 Å². The average molecular weight is 439 g/mol. The molecule has 0 aliphatic heterocycles. The van der Waals surface area contributed by atoms with Crippen molar-refractivity contribution in [2.45, 2.75) is 51.9 Å². The van der Waals surface area contributed by atoms with Gasteiger partial charge in [0.05, 0.1) is 17.0 Å². The van der Waals surface area contributed by atoms with Crippen molar-refractivity contribution in [3.63, 3.8) is 0 Å². The standard InChI is InChI=1S/C23H23F2N5O2/c1-12-26-29-21(32-12)30(13(2)31)11-23-9-8-15(22(23,3)4)14-10-18(27-28-20(14)23)19-16(24)6-5-7-17(19)25/h5-7,10,15H,8-9,11H2,1-4H3/t15-,23-/m0/s1. The Morgan fingerprint density at radius 3 is 2.53 bits per heavy atom. The van der Waals surface area contributed by atoms with Gasteiger partial charge in [0.2, 0.25) is 11.8 Å². The van der Waals surface area contributed by atoms with Crippen LogP contribution in [0, 0.1) is 24.0 Å². The van der Waals surface area contributed by atoms with Crippen molar-refractivity contribution in [1.82, 2.24) is 20.4 Å². The fourth-order valence-corrected chi connectivity index (χ4v) is 5.62. The summed E-state index contributed by atoms with van der Waals surface area (Å²) >= 11 is 0. The number of amides is 1. The third kappa shape index (κ3) is 2.73. The van der Waals surface area contributed by atoms with Gasteiger partial charge in [-0.25, -0.2) is 8.78 Å². The SMILES string of the molecule is CC(=O)N(C[C@@]12CC[C@@H](c3cc(-c4c(F)cccc4F)nnc31)C2(C)C)c1nnc(C)o1. The van der Waals surface area contributed by atoms with Crippen LogP contribution in [-0.4, -0.2) is 32.8 Å². The lowest BCUT2D eigenvalue weighted by Crippen LogP contribution is -2.48. The molecule has 7 nitrogen and oxygen atoms in total. The zero-order chi connectivity index (χ0) is 22.8. The van der Waals surface area contributed by atoms with Gasteiger partial charge in [0.25, 0.3) is 0 Å². The molecule has 2 atom stereocenters. The first-order chi connectivity index (χ1) is 15.2. The number of hydrogen-bond donors (Lipinski definition) is 0. The van der Waals surface area contributed by atoms with Crippen molar-refractivity contribution in [3.05, 3.63) is 53.0 Å². The van der Waals surface area contributed by atoms with Crippen LogP contribution in [0.1, 0.15) is 56.7 Å². The Bertz CT molecular complexity index is 1220. The van der Waals surface area contributed by atoms with Gasteiger partial charge in [-0.05, 0) is 47.9 Å². The summed E-state index contributed by atoms with van der Waals surface area (Å²) < 4.78 is 34.3. The smallest absolute Gasteiger partial charge is 0.325 e. The second kappa shape index (κ2) is 6.88. The molecule has 2 heterocycles. The molecule has 1 aromatic carbocycles. The third-order valence-corrected chi connectivity index (χ3v) is 7.39. The zero-order valence-electron chi connectivity index (χ0n) is 18.3. The Hall–Kier alpha value is -3.23. The van der Waals surface area contributed by atoms with Crippen LogP contribution in [0.5, 0.6) is 0 Å². The Morgan fingerprint density at radius 2 is 1.91 bits per heavy atom. The second-order valence-electron chi connectivity index (χ2n) is 9.23. The molecule has 2 aliphatic rings. The van der Waals surface area contributed by atoms with Crippen molar-refractivity contribution in [1.29, 1.82) is 0 Å². The van der Waals surface area contributed by atoms with Gasteiger partial charge in [-0.2, -0.15) is 10.2 Å². The normalized spacial score (nSPS) is 22.8. The van der Waals surface area contributed by atoms with E-state index in [2.05, 4.69) is 34.2 Å². The maximum Gasteiger partial charge on any atom is 0.325 e. The van der Waals surface area contributed by atoms with E-state index in [4.69, 9.17) is 4.42 Å². The summed E-state index contributed by atoms with van der Waals surface area (Å²) in [6.45, 7) is 7.73. The minimum atomic E-state index is -0.675. The molecule has 0 spiro atoms. The van der Waals surface area contributed by atoms with E-state index in [-0.39, 0.29) is 34.5 Å². The van der Waals surface area contributed by atoms with Crippen LogP contribution >= 0.6 is 0 Å². The lowest BCUT2D eigenvalue weighted by atomic mass is 9.68. The Kier molecular flexibility index (Phi) is 4.44. The molecule has 0 unspecified atom stereocenters. The summed E-state index contributed by atoms with van der Waals surface area (Å²) in [5.74, 6) is -1.07. The van der Waals surface area contributed by atoms with Crippen molar-refractivity contribution < 1.29 is 18.0 Å². The molecule has 0 N–H and O–H groups in total. The van der Waals surface area contributed by atoms with Crippen molar-refractivity contribution >= 4 is 11.9 Å². The molecule has 1 saturated carbocycles. The van der Waals surface area contributed by atoms with Crippen LogP contribution in [0.2, 0.25) is 0 Å². The van der Waals surface area contributed by atoms with Crippen LogP contribution in [0.3, 0.4) is 0 Å². The molecule has 32 heavy (non-hydrogen) atoms. The number of nitrogens with zero attached hydrogens (tertiary/aromatic N) is 5. The summed E-state index contributed by atoms with van der Waals surface area (Å²) in [5.41, 5.74) is 0.929. The first kappa shape index (κ1) is 20.7. The van der Waals surface area contributed by atoms with E-state index in [1.54, 1.807) is 13.0 Å². The highest BCUT2D eigenvalue weighted by Gasteiger charge is 2.64. The highest BCUT2D eigenvalue weighted by molar-refractivity contribution is 5.89. The van der Waals surface area contributed by atoms with Crippen molar-refractivity contribution in [2.24, 2.45) is 5.41 Å². The van der Waals surface area contributed by atoms with Gasteiger partial charge in [-0.1, -0.05) is 25.0 Å². The molecule has 0 saturated heterocycles. The molecule has 2 aromatic heterocycles. The fraction of sp³-hybridized carbons (Fsp3) is 0.435. The van der Waals surface area contributed by atoms with Gasteiger partial charge in [0, 0.05) is 25.8 Å². The van der Waals surface area contributed by atoms with Gasteiger partial charge >= 0.3 is 6.01 Å². The average Bonchev–Trinajstić information content (AvgIpc) is 3.32. The molecule has 5 rings (SSSR count). The first-order valence-electron chi connectivity index (χ1n) is 10.6. The summed E-state index contributed by atoms with van der Waals surface area (Å²) in [6, 6.07) is 5.65. The number of fused-ring (bicyclic) bond motifs is 5. The Labute approximate surface area is 183 Å². The number of anilines is 1. The number of carbonyl (C=O) groups excluding carboxylic acids is 1. The van der Waals surface area contributed by atoms with Gasteiger partial charge in [-0.15, -0.1) is 5.10 Å². The van der Waals surface area contributed by atoms with Crippen LogP contribution < -0.4 is 4.90 Å². The highest BCUT2D eigenvalue weighted by Crippen LogP contribution is 2.67. The lowest BCUT2D eigenvalue weighted by Gasteiger charge is -2.40. The zero-order valence-corrected chi connectivity index (χ0v) is 18.3. The van der Waals surface area contributed by atoms with Gasteiger partial charge < -0.3 is 4.42 Å². The van der Waals surface area contributed by atoms with Gasteiger partial charge in [0.15, 0.2) is 0 Å². The largest absolute Gasteiger partial charge is 0.408 e. The molecule has 3 aromatic rings. The van der Waals surface area contributed by atoms with Gasteiger partial charge in [0.1, 0.15) is 11.6 Å². The molecule has 0 radical (unpaired) electrons. The Balaban J connectivity index is 1.62. The predicted molar refractivity (Wildman–Crippen MR) is 112 cm³/mol. The number of benzene rings is 1. The number of aryl methyl sites for hydroxylation is 1. The quantitative estimate of drug-likeness (QED) is 0.602. The first-order valence-corrected chi connectivity index (χ1v) is 10.6. The topological polar surface area (TPSA) is 85.0 Å². The maximum atomic E-state index is 14.4. The molecule has 2 bridgehead atoms. The summed E-state index contributed by atoms with van der Waals surface area (Å²) in [4.78, 5) is 14.0. The van der Waals surface area contributed by atoms with E-state index in [1.165, 1.54) is 30.0 Å². The lowest BCUT2D eigenvalue weighted by molar-refractivity contribution is -0.117. The van der Waals surface area contributed by atoms with E-state index in [9.17, 15) is 13.6 Å². The maximum absolute atomic E-state index is 14.4. The van der Waals surface area contributed by atoms with Crippen molar-refractivity contribution in [3.8, 4) is 11.3 Å². The van der Waals surface area contributed by atoms with Crippen LogP contribution in [0.4, 0.5) is 14.8 Å². The van der Waals surface area contributed by atoms with Crippen LogP contribution in [-0.2, 0) is 10.2 Å². The summed E-state index contributed by atoms with van der Waals surface area (Å²) in [7, 11) is 0. The molecule has 1 fully saturated rings. The minimum Gasteiger partial charge on any atom is -0.408 e. The molecular formula is C23H23F2N5O2. The second-order valence-corrected chi connectivity index (χ2v) is 9.23. The summed E-state index contributed by atoms with van der Waals surface area (Å²) in [6.07, 6.45) is 1.68. The molecule has 166 valence electrons. The van der Waals surface area contributed by atoms with E-state index >= 15 is 0 Å². The monoisotopic (exact) mass is 439 g/mol. The molecule has 1 amide bonds. The number of halogens is 2. The van der Waals surface area contributed by atoms with E-state index in [0.717, 1.165) is 24.1 Å². The predicted octanol–water partition coefficient (Wildman–Crippen LogP) is 4.32. The van der Waals surface area contributed by atoms with E-state index < -0.39 is 17.0 Å². The van der Waals surface area contributed by atoms with Gasteiger partial charge in [-0.3, -0.25) is 9.69 Å². The number of hydrogen-bond acceptors (Lipinski definition) is 6. The number of aromatic nitrogens is 4. The highest BCUT2D eigenvalue weighted by atomic mass is 19.1. The van der Waals surface area contributed by atoms with Crippen molar-refractivity contribution in [2.75, 3.05) is 11.4 Å². The van der Waals surface area contributed by atoms with E-state index in [1.807, 2.05) is 0 Å². The van der Waals surface area contributed by atoms with Crippen LogP contribution in [0.25, 0.3) is 11.3 Å². The Morgan fingerprint density at radius 1 is 1.19 bits per heavy atom. The number of rotatable bonds is 4. The molecule has 9 heteroatoms.